The van der Waals surface area contributed by atoms with Crippen LogP contribution in [0.2, 0.25) is 0 Å². The maximum Gasteiger partial charge on any atom is 0.250 e. The van der Waals surface area contributed by atoms with E-state index in [4.69, 9.17) is 14.2 Å². The molecule has 13 heavy (non-hydrogen) atoms. The highest BCUT2D eigenvalue weighted by molar-refractivity contribution is 4.64. The van der Waals surface area contributed by atoms with E-state index in [9.17, 15) is 0 Å². The Bertz CT molecular complexity index is 104. The Kier molecular flexibility index (Phi) is 8.40. The third kappa shape index (κ3) is 8.22. The smallest absolute Gasteiger partial charge is 0.250 e. The molecule has 0 aliphatic rings. The minimum absolute atomic E-state index is 0.442. The van der Waals surface area contributed by atoms with Gasteiger partial charge in [-0.3, -0.25) is 0 Å². The Hall–Kier alpha value is -0.120. The largest absolute Gasteiger partial charge is 0.376 e. The van der Waals surface area contributed by atoms with E-state index in [2.05, 4.69) is 13.8 Å². The summed E-state index contributed by atoms with van der Waals surface area (Å²) in [4.78, 5) is 0. The zero-order valence-electron chi connectivity index (χ0n) is 9.13. The van der Waals surface area contributed by atoms with Crippen molar-refractivity contribution in [3.63, 3.8) is 0 Å². The van der Waals surface area contributed by atoms with Gasteiger partial charge in [-0.05, 0) is 19.8 Å². The third-order valence-electron chi connectivity index (χ3n) is 1.31. The normalized spacial score (nSPS) is 11.5. The second-order valence-electron chi connectivity index (χ2n) is 3.15. The van der Waals surface area contributed by atoms with E-state index in [1.165, 1.54) is 0 Å². The zero-order chi connectivity index (χ0) is 10.1. The van der Waals surface area contributed by atoms with Crippen molar-refractivity contribution in [2.24, 2.45) is 5.92 Å². The topological polar surface area (TPSA) is 27.7 Å². The van der Waals surface area contributed by atoms with Gasteiger partial charge in [0, 0.05) is 13.2 Å². The molecule has 0 spiro atoms. The van der Waals surface area contributed by atoms with Crippen LogP contribution in [0.15, 0.2) is 0 Å². The molecular weight excluding hydrogens is 168 g/mol. The summed E-state index contributed by atoms with van der Waals surface area (Å²) >= 11 is 0. The quantitative estimate of drug-likeness (QED) is 0.586. The molecule has 0 saturated carbocycles. The Morgan fingerprint density at radius 3 is 2.23 bits per heavy atom. The molecule has 0 N–H and O–H groups in total. The van der Waals surface area contributed by atoms with E-state index in [0.717, 1.165) is 0 Å². The van der Waals surface area contributed by atoms with Crippen molar-refractivity contribution < 1.29 is 14.2 Å². The lowest BCUT2D eigenvalue weighted by Gasteiger charge is -2.16. The van der Waals surface area contributed by atoms with Gasteiger partial charge in [0.25, 0.3) is 0 Å². The van der Waals surface area contributed by atoms with E-state index in [1.54, 1.807) is 0 Å². The highest BCUT2D eigenvalue weighted by Crippen LogP contribution is 2.07. The van der Waals surface area contributed by atoms with Crippen molar-refractivity contribution in [2.45, 2.75) is 27.7 Å². The first kappa shape index (κ1) is 12.9. The first-order chi connectivity index (χ1) is 6.20. The maximum absolute atomic E-state index is 5.42. The van der Waals surface area contributed by atoms with Gasteiger partial charge in [0.2, 0.25) is 6.29 Å². The summed E-state index contributed by atoms with van der Waals surface area (Å²) in [6.45, 7) is 10.5. The van der Waals surface area contributed by atoms with Crippen LogP contribution in [-0.4, -0.2) is 26.4 Å². The summed E-state index contributed by atoms with van der Waals surface area (Å²) in [7, 11) is 0. The molecule has 79 valence electrons. The van der Waals surface area contributed by atoms with Crippen LogP contribution >= 0.6 is 0 Å². The molecule has 0 atom stereocenters. The summed E-state index contributed by atoms with van der Waals surface area (Å²) in [6, 6.07) is 0. The standard InChI is InChI=1S/C10H21O3/c1-5-11-8-10(12-6-2)13-7-9(3)4/h9H,5-8H2,1-4H3. The second-order valence-corrected chi connectivity index (χ2v) is 3.15. The highest BCUT2D eigenvalue weighted by Gasteiger charge is 2.11. The molecule has 0 aromatic heterocycles. The molecule has 0 bridgehead atoms. The van der Waals surface area contributed by atoms with Crippen molar-refractivity contribution in [2.75, 3.05) is 26.4 Å². The van der Waals surface area contributed by atoms with Crippen LogP contribution in [0.25, 0.3) is 0 Å². The lowest BCUT2D eigenvalue weighted by Crippen LogP contribution is -2.17. The van der Waals surface area contributed by atoms with Gasteiger partial charge in [-0.1, -0.05) is 13.8 Å². The van der Waals surface area contributed by atoms with Crippen molar-refractivity contribution in [1.29, 1.82) is 0 Å². The van der Waals surface area contributed by atoms with Gasteiger partial charge in [-0.15, -0.1) is 0 Å². The molecule has 0 amide bonds. The number of rotatable bonds is 8. The molecule has 0 aromatic carbocycles. The Morgan fingerprint density at radius 1 is 1.08 bits per heavy atom. The molecule has 0 unspecified atom stereocenters. The highest BCUT2D eigenvalue weighted by atomic mass is 16.7. The fraction of sp³-hybridized carbons (Fsp3) is 0.900. The number of hydrogen-bond donors (Lipinski definition) is 0. The molecule has 0 rings (SSSR count). The minimum Gasteiger partial charge on any atom is -0.376 e. The second kappa shape index (κ2) is 8.48. The van der Waals surface area contributed by atoms with Crippen LogP contribution in [0.1, 0.15) is 27.7 Å². The van der Waals surface area contributed by atoms with E-state index >= 15 is 0 Å². The van der Waals surface area contributed by atoms with Gasteiger partial charge in [-0.25, -0.2) is 0 Å². The lowest BCUT2D eigenvalue weighted by atomic mass is 10.2. The average molecular weight is 189 g/mol. The summed E-state index contributed by atoms with van der Waals surface area (Å²) in [5.41, 5.74) is 0. The van der Waals surface area contributed by atoms with E-state index in [-0.39, 0.29) is 0 Å². The Balaban J connectivity index is 3.53. The lowest BCUT2D eigenvalue weighted by molar-refractivity contribution is -0.0859. The molecule has 1 radical (unpaired) electrons. The minimum atomic E-state index is 0.442. The Labute approximate surface area is 81.4 Å². The third-order valence-corrected chi connectivity index (χ3v) is 1.31. The van der Waals surface area contributed by atoms with Crippen molar-refractivity contribution in [3.05, 3.63) is 6.29 Å². The van der Waals surface area contributed by atoms with Crippen LogP contribution in [0.5, 0.6) is 0 Å². The summed E-state index contributed by atoms with van der Waals surface area (Å²) < 4.78 is 15.9. The molecule has 0 aliphatic heterocycles. The average Bonchev–Trinajstić information content (AvgIpc) is 2.09. The van der Waals surface area contributed by atoms with E-state index < -0.39 is 0 Å². The van der Waals surface area contributed by atoms with Crippen molar-refractivity contribution in [1.82, 2.24) is 0 Å². The van der Waals surface area contributed by atoms with Crippen LogP contribution in [0.3, 0.4) is 0 Å². The molecule has 0 heterocycles. The first-order valence-corrected chi connectivity index (χ1v) is 4.89. The number of hydrogen-bond acceptors (Lipinski definition) is 3. The summed E-state index contributed by atoms with van der Waals surface area (Å²) in [5, 5.41) is 0. The Morgan fingerprint density at radius 2 is 1.77 bits per heavy atom. The molecule has 0 fully saturated rings. The van der Waals surface area contributed by atoms with Crippen LogP contribution in [0, 0.1) is 12.2 Å². The molecule has 0 aromatic rings. The maximum atomic E-state index is 5.42. The molecule has 3 heteroatoms. The van der Waals surface area contributed by atoms with Crippen LogP contribution < -0.4 is 0 Å². The SMILES string of the molecule is CCOC[C](OCC)OCC(C)C. The summed E-state index contributed by atoms with van der Waals surface area (Å²) in [6.07, 6.45) is 0.595. The van der Waals surface area contributed by atoms with Gasteiger partial charge in [0.1, 0.15) is 6.61 Å². The molecule has 0 aliphatic carbocycles. The van der Waals surface area contributed by atoms with Crippen LogP contribution in [0.4, 0.5) is 0 Å². The molecule has 3 nitrogen and oxygen atoms in total. The predicted octanol–water partition coefficient (Wildman–Crippen LogP) is 2.22. The van der Waals surface area contributed by atoms with Gasteiger partial charge in [0.05, 0.1) is 6.61 Å². The first-order valence-electron chi connectivity index (χ1n) is 4.89. The molecular formula is C10H21O3. The number of ether oxygens (including phenoxy) is 3. The monoisotopic (exact) mass is 189 g/mol. The van der Waals surface area contributed by atoms with E-state index in [0.29, 0.717) is 38.6 Å². The van der Waals surface area contributed by atoms with Gasteiger partial charge < -0.3 is 14.2 Å². The fourth-order valence-electron chi connectivity index (χ4n) is 0.731. The molecule has 0 saturated heterocycles. The van der Waals surface area contributed by atoms with Crippen molar-refractivity contribution >= 4 is 0 Å². The van der Waals surface area contributed by atoms with Gasteiger partial charge in [-0.2, -0.15) is 0 Å². The van der Waals surface area contributed by atoms with Crippen LogP contribution in [-0.2, 0) is 14.2 Å². The zero-order valence-corrected chi connectivity index (χ0v) is 9.13. The van der Waals surface area contributed by atoms with E-state index in [1.807, 2.05) is 13.8 Å². The van der Waals surface area contributed by atoms with Gasteiger partial charge >= 0.3 is 0 Å². The predicted molar refractivity (Wildman–Crippen MR) is 52.2 cm³/mol. The fourth-order valence-corrected chi connectivity index (χ4v) is 0.731. The summed E-state index contributed by atoms with van der Waals surface area (Å²) in [5.74, 6) is 0.511. The van der Waals surface area contributed by atoms with Gasteiger partial charge in [0.15, 0.2) is 0 Å². The van der Waals surface area contributed by atoms with Crippen molar-refractivity contribution in [3.8, 4) is 0 Å².